The third kappa shape index (κ3) is 4.94. The summed E-state index contributed by atoms with van der Waals surface area (Å²) in [4.78, 5) is 0. The molecule has 0 fully saturated rings. The van der Waals surface area contributed by atoms with Crippen molar-refractivity contribution in [1.82, 2.24) is 0 Å². The van der Waals surface area contributed by atoms with E-state index in [0.29, 0.717) is 0 Å². The molecule has 3 heteroatoms. The summed E-state index contributed by atoms with van der Waals surface area (Å²) in [6, 6.07) is 12.7. The Labute approximate surface area is 146 Å². The maximum atomic E-state index is 2.21. The lowest BCUT2D eigenvalue weighted by Crippen LogP contribution is -1.56. The molecule has 22 heavy (non-hydrogen) atoms. The minimum Gasteiger partial charge on any atom is -0.144 e. The molecule has 0 saturated heterocycles. The van der Waals surface area contributed by atoms with Gasteiger partial charge in [-0.3, -0.25) is 0 Å². The van der Waals surface area contributed by atoms with Gasteiger partial charge in [0.15, 0.2) is 0 Å². The second-order valence-electron chi connectivity index (χ2n) is 3.99. The summed E-state index contributed by atoms with van der Waals surface area (Å²) in [5.41, 5.74) is 1.42. The standard InChI is InChI=1S/C8H6S.C7H6S2.2C2H6/c1-2-4-8-7(3-1)5-6-9-8;1-5-4-9-6-2-3-8-7(5)6;2*1-2/h1-6H;2-4H,1H3;2*1-2H3. The van der Waals surface area contributed by atoms with Crippen molar-refractivity contribution >= 4 is 53.5 Å². The van der Waals surface area contributed by atoms with Crippen LogP contribution >= 0.6 is 34.0 Å². The highest BCUT2D eigenvalue weighted by Crippen LogP contribution is 2.29. The van der Waals surface area contributed by atoms with Crippen LogP contribution in [-0.4, -0.2) is 0 Å². The first-order chi connectivity index (χ1) is 10.8. The van der Waals surface area contributed by atoms with E-state index in [1.54, 1.807) is 11.3 Å². The molecule has 0 bridgehead atoms. The van der Waals surface area contributed by atoms with Gasteiger partial charge in [-0.15, -0.1) is 34.0 Å². The first-order valence-corrected chi connectivity index (χ1v) is 10.3. The van der Waals surface area contributed by atoms with E-state index in [1.807, 2.05) is 50.4 Å². The molecule has 3 aromatic heterocycles. The fraction of sp³-hybridized carbons (Fsp3) is 0.263. The highest BCUT2D eigenvalue weighted by Gasteiger charge is 1.98. The fourth-order valence-electron chi connectivity index (χ4n) is 1.79. The van der Waals surface area contributed by atoms with Gasteiger partial charge in [0.1, 0.15) is 0 Å². The van der Waals surface area contributed by atoms with Crippen molar-refractivity contribution in [3.05, 3.63) is 58.1 Å². The molecule has 0 aliphatic heterocycles. The summed E-state index contributed by atoms with van der Waals surface area (Å²) in [7, 11) is 0. The molecule has 0 amide bonds. The summed E-state index contributed by atoms with van der Waals surface area (Å²) in [5.74, 6) is 0. The predicted molar refractivity (Wildman–Crippen MR) is 109 cm³/mol. The second-order valence-corrected chi connectivity index (χ2v) is 6.77. The first kappa shape index (κ1) is 18.9. The molecule has 0 unspecified atom stereocenters. The average molecular weight is 349 g/mol. The smallest absolute Gasteiger partial charge is 0.0479 e. The van der Waals surface area contributed by atoms with E-state index in [-0.39, 0.29) is 0 Å². The molecule has 4 rings (SSSR count). The van der Waals surface area contributed by atoms with Gasteiger partial charge in [0.05, 0.1) is 0 Å². The molecular weight excluding hydrogens is 324 g/mol. The molecule has 4 aromatic rings. The monoisotopic (exact) mass is 348 g/mol. The summed E-state index contributed by atoms with van der Waals surface area (Å²) in [6.07, 6.45) is 0. The Kier molecular flexibility index (Phi) is 9.05. The zero-order valence-corrected chi connectivity index (χ0v) is 16.4. The zero-order valence-electron chi connectivity index (χ0n) is 13.9. The normalized spacial score (nSPS) is 9.14. The van der Waals surface area contributed by atoms with Crippen LogP contribution in [0, 0.1) is 6.92 Å². The third-order valence-electron chi connectivity index (χ3n) is 2.71. The van der Waals surface area contributed by atoms with E-state index in [1.165, 1.54) is 25.0 Å². The topological polar surface area (TPSA) is 0 Å². The molecule has 0 atom stereocenters. The van der Waals surface area contributed by atoms with Crippen molar-refractivity contribution in [3.63, 3.8) is 0 Å². The van der Waals surface area contributed by atoms with Crippen LogP contribution in [0.2, 0.25) is 0 Å². The Morgan fingerprint density at radius 3 is 2.05 bits per heavy atom. The minimum absolute atomic E-state index is 1.35. The van der Waals surface area contributed by atoms with Gasteiger partial charge in [-0.25, -0.2) is 0 Å². The second kappa shape index (κ2) is 10.5. The van der Waals surface area contributed by atoms with Gasteiger partial charge in [0, 0.05) is 14.1 Å². The van der Waals surface area contributed by atoms with Crippen LogP contribution < -0.4 is 0 Å². The lowest BCUT2D eigenvalue weighted by Gasteiger charge is -1.82. The SMILES string of the molecule is CC.CC.Cc1csc2ccsc12.c1ccc2sccc2c1. The molecule has 0 saturated carbocycles. The van der Waals surface area contributed by atoms with Crippen LogP contribution in [0.25, 0.3) is 19.5 Å². The molecule has 0 nitrogen and oxygen atoms in total. The van der Waals surface area contributed by atoms with E-state index in [0.717, 1.165) is 0 Å². The van der Waals surface area contributed by atoms with Crippen LogP contribution in [0.5, 0.6) is 0 Å². The number of hydrogen-bond donors (Lipinski definition) is 0. The Hall–Kier alpha value is -1.16. The maximum absolute atomic E-state index is 2.21. The van der Waals surface area contributed by atoms with Gasteiger partial charge in [0.2, 0.25) is 0 Å². The minimum atomic E-state index is 1.35. The van der Waals surface area contributed by atoms with Crippen LogP contribution in [0.3, 0.4) is 0 Å². The number of hydrogen-bond acceptors (Lipinski definition) is 3. The lowest BCUT2D eigenvalue weighted by atomic mass is 10.3. The summed E-state index contributed by atoms with van der Waals surface area (Å²) in [6.45, 7) is 10.2. The molecule has 1 aromatic carbocycles. The van der Waals surface area contributed by atoms with Crippen LogP contribution in [0.4, 0.5) is 0 Å². The van der Waals surface area contributed by atoms with Gasteiger partial charge >= 0.3 is 0 Å². The Balaban J connectivity index is 0.000000180. The van der Waals surface area contributed by atoms with Gasteiger partial charge in [-0.05, 0) is 52.2 Å². The summed E-state index contributed by atoms with van der Waals surface area (Å²) < 4.78 is 4.26. The molecule has 3 heterocycles. The highest BCUT2D eigenvalue weighted by atomic mass is 32.1. The van der Waals surface area contributed by atoms with Crippen molar-refractivity contribution in [2.24, 2.45) is 0 Å². The van der Waals surface area contributed by atoms with Gasteiger partial charge < -0.3 is 0 Å². The predicted octanol–water partition coefficient (Wildman–Crippen LogP) is 8.22. The Bertz CT molecular complexity index is 729. The highest BCUT2D eigenvalue weighted by molar-refractivity contribution is 7.26. The number of benzene rings is 1. The lowest BCUT2D eigenvalue weighted by molar-refractivity contribution is 1.50. The number of fused-ring (bicyclic) bond motifs is 2. The zero-order chi connectivity index (χ0) is 16.4. The van der Waals surface area contributed by atoms with Gasteiger partial charge in [0.25, 0.3) is 0 Å². The Morgan fingerprint density at radius 2 is 1.36 bits per heavy atom. The third-order valence-corrected chi connectivity index (χ3v) is 5.85. The number of aryl methyl sites for hydroxylation is 1. The summed E-state index contributed by atoms with van der Waals surface area (Å²) >= 11 is 5.45. The quantitative estimate of drug-likeness (QED) is 0.300. The van der Waals surface area contributed by atoms with E-state index in [9.17, 15) is 0 Å². The molecular formula is C19H24S3. The molecule has 0 radical (unpaired) electrons. The van der Waals surface area contributed by atoms with Crippen molar-refractivity contribution in [1.29, 1.82) is 0 Å². The molecule has 0 spiro atoms. The van der Waals surface area contributed by atoms with E-state index in [2.05, 4.69) is 59.5 Å². The fourth-order valence-corrected chi connectivity index (χ4v) is 4.63. The largest absolute Gasteiger partial charge is 0.144 e. The van der Waals surface area contributed by atoms with Crippen LogP contribution in [-0.2, 0) is 0 Å². The average Bonchev–Trinajstić information content (AvgIpc) is 3.31. The molecule has 0 aliphatic rings. The summed E-state index contributed by atoms with van der Waals surface area (Å²) in [5, 5.41) is 7.82. The van der Waals surface area contributed by atoms with Crippen LogP contribution in [0.15, 0.2) is 52.5 Å². The van der Waals surface area contributed by atoms with Crippen LogP contribution in [0.1, 0.15) is 33.3 Å². The molecule has 0 aliphatic carbocycles. The maximum Gasteiger partial charge on any atom is 0.0479 e. The number of thiophene rings is 3. The van der Waals surface area contributed by atoms with E-state index < -0.39 is 0 Å². The number of rotatable bonds is 0. The van der Waals surface area contributed by atoms with Crippen molar-refractivity contribution < 1.29 is 0 Å². The van der Waals surface area contributed by atoms with Crippen molar-refractivity contribution in [2.45, 2.75) is 34.6 Å². The first-order valence-electron chi connectivity index (χ1n) is 7.68. The van der Waals surface area contributed by atoms with Gasteiger partial charge in [-0.1, -0.05) is 45.9 Å². The van der Waals surface area contributed by atoms with Crippen molar-refractivity contribution in [2.75, 3.05) is 0 Å². The van der Waals surface area contributed by atoms with Gasteiger partial charge in [-0.2, -0.15) is 0 Å². The van der Waals surface area contributed by atoms with E-state index in [4.69, 9.17) is 0 Å². The Morgan fingerprint density at radius 1 is 0.682 bits per heavy atom. The molecule has 118 valence electrons. The van der Waals surface area contributed by atoms with Crippen molar-refractivity contribution in [3.8, 4) is 0 Å². The molecule has 0 N–H and O–H groups in total. The van der Waals surface area contributed by atoms with E-state index >= 15 is 0 Å².